The van der Waals surface area contributed by atoms with E-state index in [9.17, 15) is 0 Å². The Balaban J connectivity index is 1.89. The Kier molecular flexibility index (Phi) is 4.14. The van der Waals surface area contributed by atoms with Crippen molar-refractivity contribution in [1.29, 1.82) is 0 Å². The first-order chi connectivity index (χ1) is 14.3. The van der Waals surface area contributed by atoms with Crippen LogP contribution in [0, 0.1) is 0 Å². The average Bonchev–Trinajstić information content (AvgIpc) is 3.12. The average molecular weight is 371 g/mol. The van der Waals surface area contributed by atoms with Gasteiger partial charge >= 0.3 is 0 Å². The fourth-order valence-electron chi connectivity index (χ4n) is 4.25. The molecule has 0 spiro atoms. The van der Waals surface area contributed by atoms with Crippen LogP contribution in [0.4, 0.5) is 0 Å². The molecule has 5 aromatic rings. The molecule has 0 amide bonds. The summed E-state index contributed by atoms with van der Waals surface area (Å²) in [6.45, 7) is 7.79. The van der Waals surface area contributed by atoms with E-state index in [1.807, 2.05) is 12.2 Å². The van der Waals surface area contributed by atoms with Crippen molar-refractivity contribution < 1.29 is 0 Å². The maximum Gasteiger partial charge on any atom is 0.0547 e. The van der Waals surface area contributed by atoms with E-state index in [1.165, 1.54) is 32.6 Å². The highest BCUT2D eigenvalue weighted by atomic mass is 15.0. The Morgan fingerprint density at radius 1 is 0.724 bits per heavy atom. The van der Waals surface area contributed by atoms with E-state index in [1.54, 1.807) is 6.08 Å². The number of aromatic nitrogens is 1. The Bertz CT molecular complexity index is 1430. The molecule has 29 heavy (non-hydrogen) atoms. The van der Waals surface area contributed by atoms with Gasteiger partial charge in [-0.2, -0.15) is 0 Å². The first-order valence-electron chi connectivity index (χ1n) is 9.78. The van der Waals surface area contributed by atoms with Crippen molar-refractivity contribution in [3.05, 3.63) is 122 Å². The van der Waals surface area contributed by atoms with E-state index in [-0.39, 0.29) is 0 Å². The highest BCUT2D eigenvalue weighted by molar-refractivity contribution is 6.21. The van der Waals surface area contributed by atoms with Crippen molar-refractivity contribution in [2.24, 2.45) is 0 Å². The standard InChI is InChI=1S/C28H21N/c1-3-10-20(4-2)22-12-9-13-23(19-22)29-26-16-8-7-15-25(26)28-24-14-6-5-11-21(24)17-18-27(28)29/h3-19H,1-2H2/b20-10+. The van der Waals surface area contributed by atoms with Gasteiger partial charge in [0.1, 0.15) is 0 Å². The molecule has 4 aromatic carbocycles. The molecular weight excluding hydrogens is 350 g/mol. The van der Waals surface area contributed by atoms with Crippen LogP contribution in [-0.4, -0.2) is 4.57 Å². The second-order valence-corrected chi connectivity index (χ2v) is 7.15. The number of nitrogens with zero attached hydrogens (tertiary/aromatic N) is 1. The smallest absolute Gasteiger partial charge is 0.0547 e. The summed E-state index contributed by atoms with van der Waals surface area (Å²) < 4.78 is 2.36. The molecule has 5 rings (SSSR count). The lowest BCUT2D eigenvalue weighted by molar-refractivity contribution is 1.18. The van der Waals surface area contributed by atoms with Gasteiger partial charge in [-0.25, -0.2) is 0 Å². The lowest BCUT2D eigenvalue weighted by atomic mass is 10.0. The minimum Gasteiger partial charge on any atom is -0.309 e. The Morgan fingerprint density at radius 2 is 1.52 bits per heavy atom. The van der Waals surface area contributed by atoms with Gasteiger partial charge in [-0.15, -0.1) is 0 Å². The van der Waals surface area contributed by atoms with Gasteiger partial charge in [0, 0.05) is 16.5 Å². The molecule has 0 atom stereocenters. The summed E-state index contributed by atoms with van der Waals surface area (Å²) >= 11 is 0. The second kappa shape index (κ2) is 6.96. The highest BCUT2D eigenvalue weighted by Crippen LogP contribution is 2.37. The summed E-state index contributed by atoms with van der Waals surface area (Å²) in [4.78, 5) is 0. The van der Waals surface area contributed by atoms with Crippen LogP contribution in [0.1, 0.15) is 5.56 Å². The molecule has 0 aliphatic rings. The summed E-state index contributed by atoms with van der Waals surface area (Å²) in [7, 11) is 0. The number of rotatable bonds is 4. The predicted molar refractivity (Wildman–Crippen MR) is 127 cm³/mol. The van der Waals surface area contributed by atoms with Gasteiger partial charge in [0.15, 0.2) is 0 Å². The zero-order valence-electron chi connectivity index (χ0n) is 16.2. The molecular formula is C28H21N. The van der Waals surface area contributed by atoms with Crippen molar-refractivity contribution in [2.75, 3.05) is 0 Å². The molecule has 0 saturated carbocycles. The summed E-state index contributed by atoms with van der Waals surface area (Å²) in [5.74, 6) is 0. The summed E-state index contributed by atoms with van der Waals surface area (Å²) in [6.07, 6.45) is 5.67. The van der Waals surface area contributed by atoms with Crippen LogP contribution < -0.4 is 0 Å². The van der Waals surface area contributed by atoms with Crippen LogP contribution in [0.2, 0.25) is 0 Å². The number of benzene rings is 4. The normalized spacial score (nSPS) is 11.9. The zero-order chi connectivity index (χ0) is 19.8. The molecule has 1 nitrogen and oxygen atoms in total. The Morgan fingerprint density at radius 3 is 2.34 bits per heavy atom. The van der Waals surface area contributed by atoms with Crippen molar-refractivity contribution in [3.63, 3.8) is 0 Å². The predicted octanol–water partition coefficient (Wildman–Crippen LogP) is 7.69. The first kappa shape index (κ1) is 17.3. The molecule has 0 N–H and O–H groups in total. The van der Waals surface area contributed by atoms with Crippen LogP contribution in [0.5, 0.6) is 0 Å². The number of fused-ring (bicyclic) bond motifs is 5. The van der Waals surface area contributed by atoms with Crippen LogP contribution >= 0.6 is 0 Å². The molecule has 0 aliphatic heterocycles. The third-order valence-corrected chi connectivity index (χ3v) is 5.52. The minimum absolute atomic E-state index is 1.06. The molecule has 0 unspecified atom stereocenters. The van der Waals surface area contributed by atoms with Crippen molar-refractivity contribution in [2.45, 2.75) is 0 Å². The summed E-state index contributed by atoms with van der Waals surface area (Å²) in [5.41, 5.74) is 5.76. The van der Waals surface area contributed by atoms with Gasteiger partial charge in [0.05, 0.1) is 11.0 Å². The molecule has 138 valence electrons. The molecule has 1 heteroatoms. The second-order valence-electron chi connectivity index (χ2n) is 7.15. The van der Waals surface area contributed by atoms with Gasteiger partial charge in [-0.05, 0) is 46.2 Å². The minimum atomic E-state index is 1.06. The van der Waals surface area contributed by atoms with Gasteiger partial charge in [0.2, 0.25) is 0 Å². The number of para-hydroxylation sites is 1. The van der Waals surface area contributed by atoms with E-state index in [0.717, 1.165) is 16.8 Å². The van der Waals surface area contributed by atoms with Crippen molar-refractivity contribution in [1.82, 2.24) is 4.57 Å². The van der Waals surface area contributed by atoms with E-state index < -0.39 is 0 Å². The molecule has 0 bridgehead atoms. The maximum absolute atomic E-state index is 3.96. The van der Waals surface area contributed by atoms with Gasteiger partial charge in [-0.3, -0.25) is 0 Å². The fourth-order valence-corrected chi connectivity index (χ4v) is 4.25. The number of allylic oxidation sites excluding steroid dienone is 4. The van der Waals surface area contributed by atoms with Gasteiger partial charge in [0.25, 0.3) is 0 Å². The molecule has 1 aromatic heterocycles. The lowest BCUT2D eigenvalue weighted by Gasteiger charge is -2.11. The van der Waals surface area contributed by atoms with Crippen LogP contribution in [0.3, 0.4) is 0 Å². The van der Waals surface area contributed by atoms with Crippen LogP contribution in [0.25, 0.3) is 43.8 Å². The van der Waals surface area contributed by atoms with E-state index in [2.05, 4.69) is 103 Å². The monoisotopic (exact) mass is 371 g/mol. The highest BCUT2D eigenvalue weighted by Gasteiger charge is 2.14. The first-order valence-corrected chi connectivity index (χ1v) is 9.78. The van der Waals surface area contributed by atoms with E-state index in [4.69, 9.17) is 0 Å². The molecule has 0 saturated heterocycles. The quantitative estimate of drug-likeness (QED) is 0.285. The Hall–Kier alpha value is -3.84. The van der Waals surface area contributed by atoms with Crippen LogP contribution in [-0.2, 0) is 0 Å². The van der Waals surface area contributed by atoms with Gasteiger partial charge in [-0.1, -0.05) is 92.0 Å². The van der Waals surface area contributed by atoms with Crippen molar-refractivity contribution >= 4 is 38.2 Å². The third-order valence-electron chi connectivity index (χ3n) is 5.52. The topological polar surface area (TPSA) is 4.93 Å². The molecule has 0 radical (unpaired) electrons. The van der Waals surface area contributed by atoms with Crippen LogP contribution in [0.15, 0.2) is 116 Å². The number of hydrogen-bond acceptors (Lipinski definition) is 0. The third kappa shape index (κ3) is 2.71. The fraction of sp³-hybridized carbons (Fsp3) is 0. The Labute approximate surface area is 170 Å². The maximum atomic E-state index is 3.96. The molecule has 0 fully saturated rings. The van der Waals surface area contributed by atoms with E-state index >= 15 is 0 Å². The lowest BCUT2D eigenvalue weighted by Crippen LogP contribution is -1.95. The number of hydrogen-bond donors (Lipinski definition) is 0. The summed E-state index contributed by atoms with van der Waals surface area (Å²) in [6, 6.07) is 30.3. The van der Waals surface area contributed by atoms with Crippen molar-refractivity contribution in [3.8, 4) is 5.69 Å². The van der Waals surface area contributed by atoms with Gasteiger partial charge < -0.3 is 4.57 Å². The summed E-state index contributed by atoms with van der Waals surface area (Å²) in [5, 5.41) is 5.12. The molecule has 1 heterocycles. The van der Waals surface area contributed by atoms with E-state index in [0.29, 0.717) is 0 Å². The molecule has 0 aliphatic carbocycles. The SMILES string of the molecule is C=C/C=C(\C=C)c1cccc(-n2c3ccccc3c3c4ccccc4ccc32)c1. The zero-order valence-corrected chi connectivity index (χ0v) is 16.2. The largest absolute Gasteiger partial charge is 0.309 e.